The first-order valence-corrected chi connectivity index (χ1v) is 9.73. The van der Waals surface area contributed by atoms with Crippen molar-refractivity contribution in [2.45, 2.75) is 25.1 Å². The van der Waals surface area contributed by atoms with E-state index in [0.717, 1.165) is 41.8 Å². The fourth-order valence-corrected chi connectivity index (χ4v) is 4.68. The number of hydrogen-bond donors (Lipinski definition) is 1. The molecule has 9 heteroatoms. The number of rotatable bonds is 3. The Hall–Kier alpha value is -3.10. The quantitative estimate of drug-likeness (QED) is 0.708. The molecule has 3 heterocycles. The number of halogens is 3. The summed E-state index contributed by atoms with van der Waals surface area (Å²) in [6.07, 6.45) is 0.903. The van der Waals surface area contributed by atoms with Gasteiger partial charge in [0, 0.05) is 43.4 Å². The Balaban J connectivity index is 1.20. The van der Waals surface area contributed by atoms with Crippen molar-refractivity contribution in [2.75, 3.05) is 25.0 Å². The summed E-state index contributed by atoms with van der Waals surface area (Å²) in [6, 6.07) is 6.72. The second-order valence-corrected chi connectivity index (χ2v) is 8.35. The number of nitrogens with zero attached hydrogens (tertiary/aromatic N) is 4. The predicted molar refractivity (Wildman–Crippen MR) is 105 cm³/mol. The normalized spacial score (nSPS) is 18.3. The van der Waals surface area contributed by atoms with Gasteiger partial charge in [-0.3, -0.25) is 4.79 Å². The largest absolute Gasteiger partial charge is 0.416 e. The van der Waals surface area contributed by atoms with E-state index in [4.69, 9.17) is 0 Å². The second kappa shape index (κ2) is 6.45. The molecule has 3 aromatic rings. The maximum absolute atomic E-state index is 12.7. The highest BCUT2D eigenvalue weighted by molar-refractivity contribution is 5.95. The molecule has 1 spiro atoms. The molecule has 1 amide bonds. The smallest absolute Gasteiger partial charge is 0.356 e. The Morgan fingerprint density at radius 3 is 2.53 bits per heavy atom. The van der Waals surface area contributed by atoms with E-state index in [1.54, 1.807) is 11.2 Å². The number of likely N-dealkylation sites (tertiary alicyclic amines) is 1. The van der Waals surface area contributed by atoms with Crippen LogP contribution in [0, 0.1) is 5.41 Å². The number of carbonyl (C=O) groups excluding carboxylic acids is 1. The summed E-state index contributed by atoms with van der Waals surface area (Å²) in [5, 5.41) is 0.980. The van der Waals surface area contributed by atoms with Gasteiger partial charge in [0.1, 0.15) is 17.8 Å². The lowest BCUT2D eigenvalue weighted by molar-refractivity contribution is -0.137. The molecule has 2 fully saturated rings. The highest BCUT2D eigenvalue weighted by Gasteiger charge is 2.55. The predicted octanol–water partition coefficient (Wildman–Crippen LogP) is 3.72. The lowest BCUT2D eigenvalue weighted by atomic mass is 9.60. The molecule has 2 aliphatic rings. The number of carbonyl (C=O) groups is 1. The average Bonchev–Trinajstić information content (AvgIpc) is 3.13. The van der Waals surface area contributed by atoms with Gasteiger partial charge >= 0.3 is 6.18 Å². The van der Waals surface area contributed by atoms with Crippen LogP contribution in [0.25, 0.3) is 11.0 Å². The first-order chi connectivity index (χ1) is 14.3. The fourth-order valence-electron chi connectivity index (χ4n) is 4.68. The van der Waals surface area contributed by atoms with E-state index in [2.05, 4.69) is 19.9 Å². The van der Waals surface area contributed by atoms with Crippen molar-refractivity contribution < 1.29 is 18.0 Å². The van der Waals surface area contributed by atoms with E-state index in [0.29, 0.717) is 24.7 Å². The number of amides is 1. The number of anilines is 1. The molecular weight excluding hydrogens is 395 g/mol. The van der Waals surface area contributed by atoms with Crippen LogP contribution in [0.4, 0.5) is 19.0 Å². The molecule has 1 aliphatic carbocycles. The molecule has 0 radical (unpaired) electrons. The van der Waals surface area contributed by atoms with Crippen molar-refractivity contribution in [3.8, 4) is 0 Å². The molecule has 1 aliphatic heterocycles. The number of hydrogen-bond acceptors (Lipinski definition) is 4. The maximum Gasteiger partial charge on any atom is 0.416 e. The molecule has 6 nitrogen and oxygen atoms in total. The Labute approximate surface area is 170 Å². The number of fused-ring (bicyclic) bond motifs is 1. The maximum atomic E-state index is 12.7. The van der Waals surface area contributed by atoms with Gasteiger partial charge in [-0.05, 0) is 43.2 Å². The van der Waals surface area contributed by atoms with Crippen molar-refractivity contribution in [3.63, 3.8) is 0 Å². The Morgan fingerprint density at radius 2 is 1.87 bits per heavy atom. The van der Waals surface area contributed by atoms with E-state index in [1.165, 1.54) is 12.1 Å². The second-order valence-electron chi connectivity index (χ2n) is 8.35. The highest BCUT2D eigenvalue weighted by atomic mass is 19.4. The molecular formula is C21H20F3N5O. The number of aromatic amines is 1. The molecule has 0 atom stereocenters. The van der Waals surface area contributed by atoms with Crippen molar-refractivity contribution in [1.29, 1.82) is 0 Å². The van der Waals surface area contributed by atoms with Crippen LogP contribution in [0.3, 0.4) is 0 Å². The Morgan fingerprint density at radius 1 is 1.17 bits per heavy atom. The highest BCUT2D eigenvalue weighted by Crippen LogP contribution is 2.51. The van der Waals surface area contributed by atoms with E-state index in [1.807, 2.05) is 19.3 Å². The van der Waals surface area contributed by atoms with Crippen molar-refractivity contribution >= 4 is 22.8 Å². The summed E-state index contributed by atoms with van der Waals surface area (Å²) in [7, 11) is 2.02. The number of H-pyrrole nitrogens is 1. The topological polar surface area (TPSA) is 65.1 Å². The summed E-state index contributed by atoms with van der Waals surface area (Å²) in [6.45, 7) is 1.28. The molecule has 156 valence electrons. The third-order valence-corrected chi connectivity index (χ3v) is 6.35. The van der Waals surface area contributed by atoms with Crippen molar-refractivity contribution in [2.24, 2.45) is 5.41 Å². The van der Waals surface area contributed by atoms with Gasteiger partial charge in [-0.2, -0.15) is 13.2 Å². The zero-order valence-corrected chi connectivity index (χ0v) is 16.3. The van der Waals surface area contributed by atoms with E-state index in [-0.39, 0.29) is 11.3 Å². The third kappa shape index (κ3) is 3.00. The molecule has 1 saturated carbocycles. The van der Waals surface area contributed by atoms with Gasteiger partial charge in [0.15, 0.2) is 0 Å². The van der Waals surface area contributed by atoms with Gasteiger partial charge in [0.2, 0.25) is 0 Å². The van der Waals surface area contributed by atoms with Crippen molar-refractivity contribution in [3.05, 3.63) is 54.0 Å². The monoisotopic (exact) mass is 415 g/mol. The summed E-state index contributed by atoms with van der Waals surface area (Å²) in [5.41, 5.74) is 0.454. The molecule has 0 unspecified atom stereocenters. The summed E-state index contributed by atoms with van der Waals surface area (Å²) >= 11 is 0. The van der Waals surface area contributed by atoms with Gasteiger partial charge in [0.05, 0.1) is 10.9 Å². The van der Waals surface area contributed by atoms with Crippen LogP contribution in [0.1, 0.15) is 28.8 Å². The number of alkyl halides is 3. The van der Waals surface area contributed by atoms with Crippen LogP contribution < -0.4 is 4.90 Å². The van der Waals surface area contributed by atoms with Crippen LogP contribution in [0.5, 0.6) is 0 Å². The Bertz CT molecular complexity index is 1090. The van der Waals surface area contributed by atoms with Gasteiger partial charge in [0.25, 0.3) is 5.91 Å². The number of nitrogens with one attached hydrogen (secondary N) is 1. The van der Waals surface area contributed by atoms with Gasteiger partial charge in [-0.25, -0.2) is 9.97 Å². The average molecular weight is 415 g/mol. The SMILES string of the molecule is CN(c1ncnc2[nH]ccc12)C1CC2(C1)CN(C(=O)c1ccc(C(F)(F)F)cc1)C2. The first-order valence-electron chi connectivity index (χ1n) is 9.73. The van der Waals surface area contributed by atoms with E-state index < -0.39 is 11.7 Å². The van der Waals surface area contributed by atoms with Crippen LogP contribution in [0.15, 0.2) is 42.9 Å². The van der Waals surface area contributed by atoms with Gasteiger partial charge in [-0.1, -0.05) is 0 Å². The van der Waals surface area contributed by atoms with Crippen LogP contribution in [-0.4, -0.2) is 51.9 Å². The lowest BCUT2D eigenvalue weighted by Gasteiger charge is -2.60. The van der Waals surface area contributed by atoms with E-state index in [9.17, 15) is 18.0 Å². The minimum absolute atomic E-state index is 0.102. The minimum Gasteiger partial charge on any atom is -0.356 e. The third-order valence-electron chi connectivity index (χ3n) is 6.35. The summed E-state index contributed by atoms with van der Waals surface area (Å²) in [5.74, 6) is 0.675. The molecule has 1 saturated heterocycles. The molecule has 5 rings (SSSR count). The lowest BCUT2D eigenvalue weighted by Crippen LogP contribution is -2.67. The van der Waals surface area contributed by atoms with Crippen LogP contribution in [0.2, 0.25) is 0 Å². The Kier molecular flexibility index (Phi) is 4.06. The first kappa shape index (κ1) is 18.9. The summed E-state index contributed by atoms with van der Waals surface area (Å²) < 4.78 is 38.1. The molecule has 2 aromatic heterocycles. The van der Waals surface area contributed by atoms with Gasteiger partial charge in [-0.15, -0.1) is 0 Å². The standard InChI is InChI=1S/C21H20F3N5O/c1-28(18-16-6-7-25-17(16)26-12-27-18)15-8-20(9-15)10-29(11-20)19(30)13-2-4-14(5-3-13)21(22,23)24/h2-7,12,15H,8-11H2,1H3,(H,25,26,27). The zero-order valence-electron chi connectivity index (χ0n) is 16.3. The van der Waals surface area contributed by atoms with Crippen LogP contribution >= 0.6 is 0 Å². The number of aromatic nitrogens is 3. The van der Waals surface area contributed by atoms with Crippen LogP contribution in [-0.2, 0) is 6.18 Å². The van der Waals surface area contributed by atoms with Gasteiger partial charge < -0.3 is 14.8 Å². The van der Waals surface area contributed by atoms with Crippen molar-refractivity contribution in [1.82, 2.24) is 19.9 Å². The molecule has 0 bridgehead atoms. The fraction of sp³-hybridized carbons (Fsp3) is 0.381. The minimum atomic E-state index is -4.40. The number of benzene rings is 1. The molecule has 1 N–H and O–H groups in total. The molecule has 30 heavy (non-hydrogen) atoms. The zero-order chi connectivity index (χ0) is 21.1. The van der Waals surface area contributed by atoms with E-state index >= 15 is 0 Å². The summed E-state index contributed by atoms with van der Waals surface area (Å²) in [4.78, 5) is 28.2. The molecule has 1 aromatic carbocycles.